The quantitative estimate of drug-likeness (QED) is 0.326. The van der Waals surface area contributed by atoms with Crippen LogP contribution >= 0.6 is 11.3 Å². The maximum atomic E-state index is 13.0. The van der Waals surface area contributed by atoms with Crippen LogP contribution in [-0.2, 0) is 0 Å². The normalized spacial score (nSPS) is 11.0. The van der Waals surface area contributed by atoms with E-state index in [1.807, 2.05) is 41.8 Å². The number of carbonyl (C=O) groups excluding carboxylic acids is 1. The van der Waals surface area contributed by atoms with Crippen molar-refractivity contribution in [2.75, 3.05) is 21.3 Å². The summed E-state index contributed by atoms with van der Waals surface area (Å²) in [6.45, 7) is 0. The number of nitrogens with zero attached hydrogens (tertiary/aromatic N) is 2. The minimum atomic E-state index is -0.336. The van der Waals surface area contributed by atoms with Crippen molar-refractivity contribution in [2.24, 2.45) is 5.10 Å². The molecule has 0 aliphatic rings. The standard InChI is InChI=1S/C24H21N3O4S/c1-29-20-13-22(31-3)21(30-2)11-15(20)14-25-27-24(28)17-12-19(23-9-6-10-32-23)26-18-8-5-4-7-16(17)18/h4-14H,1-3H3,(H,27,28). The fourth-order valence-corrected chi connectivity index (χ4v) is 3.97. The number of thiophene rings is 1. The van der Waals surface area contributed by atoms with Gasteiger partial charge < -0.3 is 14.2 Å². The second kappa shape index (κ2) is 9.49. The van der Waals surface area contributed by atoms with Gasteiger partial charge in [-0.3, -0.25) is 4.79 Å². The second-order valence-electron chi connectivity index (χ2n) is 6.70. The molecule has 0 atom stereocenters. The van der Waals surface area contributed by atoms with E-state index in [4.69, 9.17) is 19.2 Å². The van der Waals surface area contributed by atoms with E-state index in [9.17, 15) is 4.79 Å². The number of hydrazone groups is 1. The van der Waals surface area contributed by atoms with E-state index < -0.39 is 0 Å². The molecule has 32 heavy (non-hydrogen) atoms. The highest BCUT2D eigenvalue weighted by atomic mass is 32.1. The third-order valence-corrected chi connectivity index (χ3v) is 5.73. The molecule has 4 rings (SSSR count). The Balaban J connectivity index is 1.64. The van der Waals surface area contributed by atoms with Gasteiger partial charge in [0.05, 0.1) is 49.2 Å². The van der Waals surface area contributed by atoms with Crippen molar-refractivity contribution in [1.82, 2.24) is 10.4 Å². The largest absolute Gasteiger partial charge is 0.496 e. The van der Waals surface area contributed by atoms with E-state index in [-0.39, 0.29) is 5.91 Å². The molecule has 7 nitrogen and oxygen atoms in total. The molecular weight excluding hydrogens is 426 g/mol. The van der Waals surface area contributed by atoms with Crippen molar-refractivity contribution in [3.05, 3.63) is 71.1 Å². The Kier molecular flexibility index (Phi) is 6.32. The van der Waals surface area contributed by atoms with Crippen molar-refractivity contribution in [3.8, 4) is 27.8 Å². The number of aromatic nitrogens is 1. The highest BCUT2D eigenvalue weighted by Gasteiger charge is 2.15. The monoisotopic (exact) mass is 447 g/mol. The van der Waals surface area contributed by atoms with Gasteiger partial charge in [0.2, 0.25) is 0 Å². The van der Waals surface area contributed by atoms with Gasteiger partial charge in [-0.05, 0) is 29.6 Å². The third-order valence-electron chi connectivity index (χ3n) is 4.84. The van der Waals surface area contributed by atoms with Crippen molar-refractivity contribution in [3.63, 3.8) is 0 Å². The average molecular weight is 448 g/mol. The molecule has 0 saturated carbocycles. The molecule has 0 saturated heterocycles. The third kappa shape index (κ3) is 4.26. The van der Waals surface area contributed by atoms with E-state index >= 15 is 0 Å². The van der Waals surface area contributed by atoms with Crippen LogP contribution in [-0.4, -0.2) is 38.4 Å². The Morgan fingerprint density at radius 1 is 0.969 bits per heavy atom. The van der Waals surface area contributed by atoms with Crippen LogP contribution in [0.2, 0.25) is 0 Å². The fraction of sp³-hybridized carbons (Fsp3) is 0.125. The Morgan fingerprint density at radius 2 is 1.72 bits per heavy atom. The first-order chi connectivity index (χ1) is 15.6. The smallest absolute Gasteiger partial charge is 0.272 e. The molecule has 1 amide bonds. The molecule has 2 heterocycles. The summed E-state index contributed by atoms with van der Waals surface area (Å²) in [6, 6.07) is 16.7. The Labute approximate surface area is 189 Å². The average Bonchev–Trinajstić information content (AvgIpc) is 3.38. The van der Waals surface area contributed by atoms with E-state index in [2.05, 4.69) is 10.5 Å². The highest BCUT2D eigenvalue weighted by molar-refractivity contribution is 7.13. The lowest BCUT2D eigenvalue weighted by Crippen LogP contribution is -2.18. The first-order valence-electron chi connectivity index (χ1n) is 9.71. The summed E-state index contributed by atoms with van der Waals surface area (Å²) in [5, 5.41) is 6.87. The number of benzene rings is 2. The van der Waals surface area contributed by atoms with Gasteiger partial charge >= 0.3 is 0 Å². The Morgan fingerprint density at radius 3 is 2.44 bits per heavy atom. The molecule has 0 bridgehead atoms. The lowest BCUT2D eigenvalue weighted by atomic mass is 10.1. The summed E-state index contributed by atoms with van der Waals surface area (Å²) < 4.78 is 16.0. The van der Waals surface area contributed by atoms with Crippen molar-refractivity contribution >= 4 is 34.4 Å². The Bertz CT molecular complexity index is 1290. The molecule has 4 aromatic rings. The molecule has 0 aliphatic carbocycles. The number of rotatable bonds is 7. The number of methoxy groups -OCH3 is 3. The lowest BCUT2D eigenvalue weighted by Gasteiger charge is -2.12. The zero-order valence-electron chi connectivity index (χ0n) is 17.8. The lowest BCUT2D eigenvalue weighted by molar-refractivity contribution is 0.0956. The molecular formula is C24H21N3O4S. The molecule has 0 unspecified atom stereocenters. The maximum Gasteiger partial charge on any atom is 0.272 e. The number of hydrogen-bond acceptors (Lipinski definition) is 7. The minimum absolute atomic E-state index is 0.336. The van der Waals surface area contributed by atoms with Crippen molar-refractivity contribution in [2.45, 2.75) is 0 Å². The SMILES string of the molecule is COc1cc(OC)c(OC)cc1C=NNC(=O)c1cc(-c2cccs2)nc2ccccc12. The Hall–Kier alpha value is -3.91. The van der Waals surface area contributed by atoms with Crippen LogP contribution in [0.4, 0.5) is 0 Å². The molecule has 1 N–H and O–H groups in total. The van der Waals surface area contributed by atoms with Gasteiger partial charge in [0.25, 0.3) is 5.91 Å². The molecule has 0 aliphatic heterocycles. The number of carbonyl (C=O) groups is 1. The van der Waals surface area contributed by atoms with Crippen LogP contribution in [0.3, 0.4) is 0 Å². The van der Waals surface area contributed by atoms with Gasteiger partial charge in [-0.15, -0.1) is 11.3 Å². The zero-order chi connectivity index (χ0) is 22.5. The summed E-state index contributed by atoms with van der Waals surface area (Å²) in [5.74, 6) is 1.27. The summed E-state index contributed by atoms with van der Waals surface area (Å²) in [7, 11) is 4.65. The van der Waals surface area contributed by atoms with Crippen LogP contribution in [0.25, 0.3) is 21.5 Å². The number of pyridine rings is 1. The van der Waals surface area contributed by atoms with E-state index in [0.717, 1.165) is 21.5 Å². The maximum absolute atomic E-state index is 13.0. The topological polar surface area (TPSA) is 82.0 Å². The van der Waals surface area contributed by atoms with Gasteiger partial charge in [-0.1, -0.05) is 24.3 Å². The number of para-hydroxylation sites is 1. The van der Waals surface area contributed by atoms with Gasteiger partial charge in [0.1, 0.15) is 5.75 Å². The molecule has 162 valence electrons. The summed E-state index contributed by atoms with van der Waals surface area (Å²) in [6.07, 6.45) is 1.50. The molecule has 0 spiro atoms. The fourth-order valence-electron chi connectivity index (χ4n) is 3.29. The van der Waals surface area contributed by atoms with E-state index in [1.165, 1.54) is 6.21 Å². The number of fused-ring (bicyclic) bond motifs is 1. The van der Waals surface area contributed by atoms with Crippen LogP contribution < -0.4 is 19.6 Å². The summed E-state index contributed by atoms with van der Waals surface area (Å²) in [4.78, 5) is 18.7. The van der Waals surface area contributed by atoms with Crippen molar-refractivity contribution < 1.29 is 19.0 Å². The van der Waals surface area contributed by atoms with Gasteiger partial charge in [0.15, 0.2) is 11.5 Å². The molecule has 2 aromatic heterocycles. The highest BCUT2D eigenvalue weighted by Crippen LogP contribution is 2.33. The van der Waals surface area contributed by atoms with Gasteiger partial charge in [-0.2, -0.15) is 5.10 Å². The van der Waals surface area contributed by atoms with Crippen LogP contribution in [0.1, 0.15) is 15.9 Å². The van der Waals surface area contributed by atoms with Crippen molar-refractivity contribution in [1.29, 1.82) is 0 Å². The van der Waals surface area contributed by atoms with Crippen LogP contribution in [0.15, 0.2) is 65.1 Å². The van der Waals surface area contributed by atoms with Crippen LogP contribution in [0, 0.1) is 0 Å². The first kappa shape index (κ1) is 21.3. The van der Waals surface area contributed by atoms with E-state index in [0.29, 0.717) is 28.4 Å². The summed E-state index contributed by atoms with van der Waals surface area (Å²) in [5.41, 5.74) is 5.22. The summed E-state index contributed by atoms with van der Waals surface area (Å²) >= 11 is 1.57. The molecule has 8 heteroatoms. The van der Waals surface area contributed by atoms with E-state index in [1.54, 1.807) is 50.9 Å². The number of nitrogens with one attached hydrogen (secondary N) is 1. The van der Waals surface area contributed by atoms with Gasteiger partial charge in [0, 0.05) is 17.0 Å². The second-order valence-corrected chi connectivity index (χ2v) is 7.65. The van der Waals surface area contributed by atoms with Gasteiger partial charge in [-0.25, -0.2) is 10.4 Å². The molecule has 0 radical (unpaired) electrons. The molecule has 2 aromatic carbocycles. The first-order valence-corrected chi connectivity index (χ1v) is 10.6. The van der Waals surface area contributed by atoms with Crippen LogP contribution in [0.5, 0.6) is 17.2 Å². The zero-order valence-corrected chi connectivity index (χ0v) is 18.6. The number of hydrogen-bond donors (Lipinski definition) is 1. The predicted octanol–water partition coefficient (Wildman–Crippen LogP) is 4.75. The predicted molar refractivity (Wildman–Crippen MR) is 126 cm³/mol. The number of amides is 1. The minimum Gasteiger partial charge on any atom is -0.496 e. The number of ether oxygens (including phenoxy) is 3. The molecule has 0 fully saturated rings.